The Morgan fingerprint density at radius 2 is 2.00 bits per heavy atom. The van der Waals surface area contributed by atoms with Crippen LogP contribution in [-0.2, 0) is 19.5 Å². The van der Waals surface area contributed by atoms with Crippen LogP contribution in [0, 0.1) is 0 Å². The molecule has 2 fully saturated rings. The van der Waals surface area contributed by atoms with E-state index in [9.17, 15) is 0 Å². The van der Waals surface area contributed by atoms with E-state index in [1.165, 1.54) is 50.2 Å². The minimum atomic E-state index is 0.727. The summed E-state index contributed by atoms with van der Waals surface area (Å²) in [4.78, 5) is 2.64. The minimum Gasteiger partial charge on any atom is -0.314 e. The number of aryl methyl sites for hydroxylation is 1. The van der Waals surface area contributed by atoms with Gasteiger partial charge in [0.15, 0.2) is 0 Å². The van der Waals surface area contributed by atoms with Crippen molar-refractivity contribution >= 4 is 0 Å². The summed E-state index contributed by atoms with van der Waals surface area (Å²) in [5.74, 6) is 2.40. The van der Waals surface area contributed by atoms with Gasteiger partial charge in [-0.2, -0.15) is 0 Å². The summed E-state index contributed by atoms with van der Waals surface area (Å²) in [7, 11) is 0. The summed E-state index contributed by atoms with van der Waals surface area (Å²) in [6.07, 6.45) is 9.03. The van der Waals surface area contributed by atoms with Crippen molar-refractivity contribution in [3.63, 3.8) is 0 Å². The van der Waals surface area contributed by atoms with Gasteiger partial charge >= 0.3 is 0 Å². The maximum absolute atomic E-state index is 4.49. The third-order valence-corrected chi connectivity index (χ3v) is 5.65. The van der Waals surface area contributed by atoms with Gasteiger partial charge < -0.3 is 9.88 Å². The van der Waals surface area contributed by atoms with Crippen molar-refractivity contribution in [3.8, 4) is 0 Å². The molecule has 3 aliphatic heterocycles. The number of nitrogens with one attached hydrogen (secondary N) is 1. The van der Waals surface area contributed by atoms with E-state index in [0.29, 0.717) is 0 Å². The van der Waals surface area contributed by atoms with Crippen LogP contribution in [0.1, 0.15) is 57.1 Å². The number of rotatable bonds is 4. The molecule has 116 valence electrons. The normalized spacial score (nSPS) is 31.6. The van der Waals surface area contributed by atoms with Crippen LogP contribution >= 0.6 is 0 Å². The second-order valence-electron chi connectivity index (χ2n) is 6.97. The maximum atomic E-state index is 4.49. The topological polar surface area (TPSA) is 46.0 Å². The summed E-state index contributed by atoms with van der Waals surface area (Å²) in [5, 5.41) is 12.6. The van der Waals surface area contributed by atoms with Crippen molar-refractivity contribution in [1.29, 1.82) is 0 Å². The molecule has 0 radical (unpaired) electrons. The van der Waals surface area contributed by atoms with Crippen LogP contribution in [0.25, 0.3) is 0 Å². The molecule has 0 spiro atoms. The zero-order chi connectivity index (χ0) is 14.2. The summed E-state index contributed by atoms with van der Waals surface area (Å²) in [5.41, 5.74) is 0. The highest BCUT2D eigenvalue weighted by Crippen LogP contribution is 2.30. The molecular weight excluding hydrogens is 262 g/mol. The average molecular weight is 289 g/mol. The highest BCUT2D eigenvalue weighted by molar-refractivity contribution is 5.01. The Labute approximate surface area is 127 Å². The molecule has 5 nitrogen and oxygen atoms in total. The molecule has 0 saturated carbocycles. The number of hydrogen-bond acceptors (Lipinski definition) is 4. The van der Waals surface area contributed by atoms with E-state index in [1.807, 2.05) is 0 Å². The molecule has 3 aliphatic rings. The smallest absolute Gasteiger partial charge is 0.147 e. The lowest BCUT2D eigenvalue weighted by Gasteiger charge is -2.37. The predicted octanol–water partition coefficient (Wildman–Crippen LogP) is 1.72. The van der Waals surface area contributed by atoms with Gasteiger partial charge in [-0.15, -0.1) is 10.2 Å². The van der Waals surface area contributed by atoms with Crippen LogP contribution in [0.2, 0.25) is 0 Å². The highest BCUT2D eigenvalue weighted by atomic mass is 15.3. The zero-order valence-corrected chi connectivity index (χ0v) is 13.1. The van der Waals surface area contributed by atoms with Crippen molar-refractivity contribution in [2.75, 3.05) is 6.54 Å². The molecule has 1 aromatic rings. The van der Waals surface area contributed by atoms with Crippen LogP contribution in [0.15, 0.2) is 0 Å². The fourth-order valence-corrected chi connectivity index (χ4v) is 4.49. The summed E-state index contributed by atoms with van der Waals surface area (Å²) in [6.45, 7) is 5.50. The van der Waals surface area contributed by atoms with Crippen LogP contribution in [0.5, 0.6) is 0 Å². The van der Waals surface area contributed by atoms with Gasteiger partial charge in [-0.1, -0.05) is 6.92 Å². The fraction of sp³-hybridized carbons (Fsp3) is 0.875. The molecular formula is C16H27N5. The minimum absolute atomic E-state index is 0.727. The Kier molecular flexibility index (Phi) is 3.71. The van der Waals surface area contributed by atoms with Crippen molar-refractivity contribution in [2.24, 2.45) is 0 Å². The van der Waals surface area contributed by atoms with E-state index in [0.717, 1.165) is 44.2 Å². The van der Waals surface area contributed by atoms with Gasteiger partial charge in [0.2, 0.25) is 0 Å². The molecule has 21 heavy (non-hydrogen) atoms. The van der Waals surface area contributed by atoms with Gasteiger partial charge in [-0.3, -0.25) is 4.90 Å². The maximum Gasteiger partial charge on any atom is 0.147 e. The van der Waals surface area contributed by atoms with Crippen LogP contribution in [-0.4, -0.2) is 44.3 Å². The summed E-state index contributed by atoms with van der Waals surface area (Å²) < 4.78 is 2.38. The van der Waals surface area contributed by atoms with Gasteiger partial charge in [0.25, 0.3) is 0 Å². The first-order valence-electron chi connectivity index (χ1n) is 8.74. The van der Waals surface area contributed by atoms with E-state index in [1.54, 1.807) is 0 Å². The molecule has 0 aliphatic carbocycles. The predicted molar refractivity (Wildman–Crippen MR) is 82.0 cm³/mol. The number of nitrogens with zero attached hydrogens (tertiary/aromatic N) is 4. The molecule has 4 rings (SSSR count). The van der Waals surface area contributed by atoms with Crippen molar-refractivity contribution in [3.05, 3.63) is 11.6 Å². The van der Waals surface area contributed by atoms with Crippen molar-refractivity contribution in [2.45, 2.75) is 83.1 Å². The number of piperidine rings is 1. The molecule has 1 aromatic heterocycles. The Balaban J connectivity index is 1.48. The largest absolute Gasteiger partial charge is 0.314 e. The van der Waals surface area contributed by atoms with Gasteiger partial charge in [-0.05, 0) is 45.1 Å². The van der Waals surface area contributed by atoms with E-state index >= 15 is 0 Å². The second-order valence-corrected chi connectivity index (χ2v) is 6.97. The first-order chi connectivity index (χ1) is 10.3. The fourth-order valence-electron chi connectivity index (χ4n) is 4.49. The van der Waals surface area contributed by atoms with Crippen LogP contribution in [0.3, 0.4) is 0 Å². The quantitative estimate of drug-likeness (QED) is 0.917. The average Bonchev–Trinajstić information content (AvgIpc) is 3.08. The lowest BCUT2D eigenvalue weighted by Crippen LogP contribution is -2.48. The lowest BCUT2D eigenvalue weighted by atomic mass is 9.98. The standard InChI is InChI=1S/C16H27N5/c1-2-20(14-9-12-6-7-13(10-14)17-12)11-16-19-18-15-5-3-4-8-21(15)16/h12-14,17H,2-11H2,1H3. The Morgan fingerprint density at radius 1 is 1.19 bits per heavy atom. The van der Waals surface area contributed by atoms with Crippen LogP contribution < -0.4 is 5.32 Å². The number of aromatic nitrogens is 3. The van der Waals surface area contributed by atoms with E-state index in [4.69, 9.17) is 0 Å². The summed E-state index contributed by atoms with van der Waals surface area (Å²) in [6, 6.07) is 2.25. The third kappa shape index (κ3) is 2.61. The lowest BCUT2D eigenvalue weighted by molar-refractivity contribution is 0.135. The number of fused-ring (bicyclic) bond motifs is 3. The Morgan fingerprint density at radius 3 is 2.76 bits per heavy atom. The first-order valence-corrected chi connectivity index (χ1v) is 8.74. The van der Waals surface area contributed by atoms with Gasteiger partial charge in [-0.25, -0.2) is 0 Å². The molecule has 4 heterocycles. The van der Waals surface area contributed by atoms with E-state index < -0.39 is 0 Å². The van der Waals surface area contributed by atoms with E-state index in [-0.39, 0.29) is 0 Å². The molecule has 1 N–H and O–H groups in total. The highest BCUT2D eigenvalue weighted by Gasteiger charge is 2.36. The molecule has 2 saturated heterocycles. The van der Waals surface area contributed by atoms with Crippen molar-refractivity contribution in [1.82, 2.24) is 25.0 Å². The molecule has 2 atom stereocenters. The van der Waals surface area contributed by atoms with Gasteiger partial charge in [0.1, 0.15) is 11.6 Å². The van der Waals surface area contributed by atoms with Crippen molar-refractivity contribution < 1.29 is 0 Å². The van der Waals surface area contributed by atoms with Crippen LogP contribution in [0.4, 0.5) is 0 Å². The molecule has 2 unspecified atom stereocenters. The van der Waals surface area contributed by atoms with Gasteiger partial charge in [0.05, 0.1) is 6.54 Å². The second kappa shape index (κ2) is 5.69. The monoisotopic (exact) mass is 289 g/mol. The zero-order valence-electron chi connectivity index (χ0n) is 13.1. The summed E-state index contributed by atoms with van der Waals surface area (Å²) >= 11 is 0. The van der Waals surface area contributed by atoms with Gasteiger partial charge in [0, 0.05) is 31.1 Å². The molecule has 2 bridgehead atoms. The Hall–Kier alpha value is -0.940. The Bertz CT molecular complexity index is 485. The first kappa shape index (κ1) is 13.7. The third-order valence-electron chi connectivity index (χ3n) is 5.65. The molecule has 0 amide bonds. The van der Waals surface area contributed by atoms with E-state index in [2.05, 4.69) is 31.9 Å². The molecule has 0 aromatic carbocycles. The molecule has 5 heteroatoms. The number of hydrogen-bond donors (Lipinski definition) is 1. The SMILES string of the molecule is CCN(Cc1nnc2n1CCCC2)C1CC2CCC(C1)N2.